The van der Waals surface area contributed by atoms with Gasteiger partial charge in [0.1, 0.15) is 5.75 Å². The largest absolute Gasteiger partial charge is 0.508 e. The van der Waals surface area contributed by atoms with Crippen molar-refractivity contribution in [2.75, 3.05) is 0 Å². The van der Waals surface area contributed by atoms with E-state index >= 15 is 0 Å². The molecule has 3 rings (SSSR count). The van der Waals surface area contributed by atoms with E-state index in [4.69, 9.17) is 0 Å². The Kier molecular flexibility index (Phi) is 5.59. The first-order valence-corrected chi connectivity index (χ1v) is 8.89. The normalized spacial score (nSPS) is 12.9. The number of aromatic hydroxyl groups is 1. The summed E-state index contributed by atoms with van der Waals surface area (Å²) in [6, 6.07) is 18.6. The number of rotatable bonds is 6. The minimum Gasteiger partial charge on any atom is -0.508 e. The minimum absolute atomic E-state index is 0.0864. The topological polar surface area (TPSA) is 25.2 Å². The molecular formula is C22H22F3NO. The molecule has 0 saturated heterocycles. The van der Waals surface area contributed by atoms with Gasteiger partial charge in [-0.15, -0.1) is 0 Å². The van der Waals surface area contributed by atoms with Gasteiger partial charge < -0.3 is 9.67 Å². The van der Waals surface area contributed by atoms with E-state index in [1.54, 1.807) is 36.4 Å². The third kappa shape index (κ3) is 4.73. The van der Waals surface area contributed by atoms with Gasteiger partial charge in [0.25, 0.3) is 0 Å². The fraction of sp³-hybridized carbons (Fsp3) is 0.273. The quantitative estimate of drug-likeness (QED) is 0.595. The molecule has 142 valence electrons. The van der Waals surface area contributed by atoms with Crippen molar-refractivity contribution in [3.8, 4) is 5.75 Å². The number of phenolic OH excluding ortho intramolecular Hbond substituents is 1. The van der Waals surface area contributed by atoms with Crippen LogP contribution in [0.3, 0.4) is 0 Å². The fourth-order valence-corrected chi connectivity index (χ4v) is 3.34. The van der Waals surface area contributed by atoms with Crippen molar-refractivity contribution >= 4 is 0 Å². The summed E-state index contributed by atoms with van der Waals surface area (Å²) in [5.74, 6) is -1.33. The number of nitrogens with zero attached hydrogens (tertiary/aromatic N) is 1. The fourth-order valence-electron chi connectivity index (χ4n) is 3.34. The molecule has 27 heavy (non-hydrogen) atoms. The van der Waals surface area contributed by atoms with Gasteiger partial charge in [0.05, 0.1) is 5.92 Å². The van der Waals surface area contributed by atoms with Crippen LogP contribution < -0.4 is 0 Å². The molecule has 0 aliphatic rings. The lowest BCUT2D eigenvalue weighted by Gasteiger charge is -2.22. The third-order valence-corrected chi connectivity index (χ3v) is 4.86. The average Bonchev–Trinajstić information content (AvgIpc) is 2.98. The van der Waals surface area contributed by atoms with E-state index < -0.39 is 12.1 Å². The van der Waals surface area contributed by atoms with Crippen molar-refractivity contribution < 1.29 is 18.3 Å². The van der Waals surface area contributed by atoms with Gasteiger partial charge in [-0.1, -0.05) is 42.5 Å². The zero-order valence-corrected chi connectivity index (χ0v) is 15.1. The SMILES string of the molecule is Cc1ccc(CC(c2ccccc2)C(F)(F)F)n1CCc1ccc(O)cc1. The van der Waals surface area contributed by atoms with Crippen molar-refractivity contribution in [2.45, 2.75) is 38.4 Å². The second-order valence-corrected chi connectivity index (χ2v) is 6.74. The number of hydrogen-bond donors (Lipinski definition) is 1. The number of benzene rings is 2. The first kappa shape index (κ1) is 19.1. The predicted molar refractivity (Wildman–Crippen MR) is 99.9 cm³/mol. The monoisotopic (exact) mass is 373 g/mol. The average molecular weight is 373 g/mol. The molecule has 1 heterocycles. The van der Waals surface area contributed by atoms with Crippen molar-refractivity contribution in [2.24, 2.45) is 0 Å². The summed E-state index contributed by atoms with van der Waals surface area (Å²) in [5, 5.41) is 9.37. The van der Waals surface area contributed by atoms with Crippen LogP contribution in [-0.4, -0.2) is 15.8 Å². The van der Waals surface area contributed by atoms with E-state index in [-0.39, 0.29) is 17.7 Å². The van der Waals surface area contributed by atoms with Crippen LogP contribution in [0.4, 0.5) is 13.2 Å². The molecule has 2 aromatic carbocycles. The van der Waals surface area contributed by atoms with E-state index in [1.165, 1.54) is 12.1 Å². The summed E-state index contributed by atoms with van der Waals surface area (Å²) in [6.45, 7) is 2.50. The molecule has 1 N–H and O–H groups in total. The van der Waals surface area contributed by atoms with Crippen LogP contribution in [0.5, 0.6) is 5.75 Å². The smallest absolute Gasteiger partial charge is 0.396 e. The van der Waals surface area contributed by atoms with Gasteiger partial charge in [0, 0.05) is 24.4 Å². The van der Waals surface area contributed by atoms with Crippen LogP contribution in [0, 0.1) is 6.92 Å². The Balaban J connectivity index is 1.81. The second-order valence-electron chi connectivity index (χ2n) is 6.74. The first-order chi connectivity index (χ1) is 12.8. The van der Waals surface area contributed by atoms with Crippen molar-refractivity contribution in [1.82, 2.24) is 4.57 Å². The molecule has 1 atom stereocenters. The van der Waals surface area contributed by atoms with Gasteiger partial charge in [0.15, 0.2) is 0 Å². The Morgan fingerprint density at radius 1 is 0.926 bits per heavy atom. The maximum absolute atomic E-state index is 13.7. The maximum Gasteiger partial charge on any atom is 0.396 e. The summed E-state index contributed by atoms with van der Waals surface area (Å²) in [6.07, 6.45) is -3.71. The molecule has 0 radical (unpaired) electrons. The summed E-state index contributed by atoms with van der Waals surface area (Å²) in [4.78, 5) is 0. The highest BCUT2D eigenvalue weighted by Crippen LogP contribution is 2.37. The summed E-state index contributed by atoms with van der Waals surface area (Å²) < 4.78 is 43.0. The zero-order chi connectivity index (χ0) is 19.4. The van der Waals surface area contributed by atoms with Crippen molar-refractivity contribution in [1.29, 1.82) is 0 Å². The summed E-state index contributed by atoms with van der Waals surface area (Å²) in [5.41, 5.74) is 2.94. The molecule has 5 heteroatoms. The number of aryl methyl sites for hydroxylation is 2. The lowest BCUT2D eigenvalue weighted by Crippen LogP contribution is -2.24. The van der Waals surface area contributed by atoms with Gasteiger partial charge in [-0.25, -0.2) is 0 Å². The number of hydrogen-bond acceptors (Lipinski definition) is 1. The van der Waals surface area contributed by atoms with Crippen molar-refractivity contribution in [3.05, 3.63) is 89.2 Å². The van der Waals surface area contributed by atoms with Crippen LogP contribution in [-0.2, 0) is 19.4 Å². The Labute approximate surface area is 156 Å². The van der Waals surface area contributed by atoms with E-state index in [9.17, 15) is 18.3 Å². The molecule has 0 saturated carbocycles. The van der Waals surface area contributed by atoms with E-state index in [0.717, 1.165) is 11.3 Å². The number of halogens is 3. The molecule has 0 aliphatic heterocycles. The van der Waals surface area contributed by atoms with E-state index in [1.807, 2.05) is 29.7 Å². The van der Waals surface area contributed by atoms with Gasteiger partial charge in [0.2, 0.25) is 0 Å². The highest BCUT2D eigenvalue weighted by atomic mass is 19.4. The Morgan fingerprint density at radius 3 is 2.22 bits per heavy atom. The van der Waals surface area contributed by atoms with Crippen LogP contribution in [0.2, 0.25) is 0 Å². The highest BCUT2D eigenvalue weighted by molar-refractivity contribution is 5.27. The van der Waals surface area contributed by atoms with E-state index in [0.29, 0.717) is 18.7 Å². The molecule has 1 aromatic heterocycles. The molecule has 1 unspecified atom stereocenters. The zero-order valence-electron chi connectivity index (χ0n) is 15.1. The second kappa shape index (κ2) is 7.91. The summed E-state index contributed by atoms with van der Waals surface area (Å²) in [7, 11) is 0. The third-order valence-electron chi connectivity index (χ3n) is 4.86. The minimum atomic E-state index is -4.30. The number of aromatic nitrogens is 1. The molecule has 0 amide bonds. The number of alkyl halides is 3. The van der Waals surface area contributed by atoms with E-state index in [2.05, 4.69) is 0 Å². The van der Waals surface area contributed by atoms with Crippen LogP contribution >= 0.6 is 0 Å². The molecule has 0 spiro atoms. The van der Waals surface area contributed by atoms with Gasteiger partial charge in [-0.2, -0.15) is 13.2 Å². The molecule has 3 aromatic rings. The Bertz CT molecular complexity index is 867. The molecule has 0 fully saturated rings. The Morgan fingerprint density at radius 2 is 1.59 bits per heavy atom. The molecule has 2 nitrogen and oxygen atoms in total. The Hall–Kier alpha value is -2.69. The lowest BCUT2D eigenvalue weighted by molar-refractivity contribution is -0.150. The van der Waals surface area contributed by atoms with Crippen LogP contribution in [0.25, 0.3) is 0 Å². The standard InChI is InChI=1S/C22H22F3NO/c1-16-7-10-19(26(16)14-13-17-8-11-20(27)12-9-17)15-21(22(23,24)25)18-5-3-2-4-6-18/h2-12,21,27H,13-15H2,1H3. The van der Waals surface area contributed by atoms with Gasteiger partial charge in [-0.3, -0.25) is 0 Å². The lowest BCUT2D eigenvalue weighted by atomic mass is 9.93. The molecule has 0 bridgehead atoms. The van der Waals surface area contributed by atoms with Crippen LogP contribution in [0.1, 0.15) is 28.4 Å². The number of phenols is 1. The first-order valence-electron chi connectivity index (χ1n) is 8.89. The molecule has 0 aliphatic carbocycles. The predicted octanol–water partition coefficient (Wildman–Crippen LogP) is 5.63. The van der Waals surface area contributed by atoms with Gasteiger partial charge >= 0.3 is 6.18 Å². The summed E-state index contributed by atoms with van der Waals surface area (Å²) >= 11 is 0. The van der Waals surface area contributed by atoms with Gasteiger partial charge in [-0.05, 0) is 48.7 Å². The van der Waals surface area contributed by atoms with Crippen LogP contribution in [0.15, 0.2) is 66.7 Å². The maximum atomic E-state index is 13.7. The molecular weight excluding hydrogens is 351 g/mol. The van der Waals surface area contributed by atoms with Crippen molar-refractivity contribution in [3.63, 3.8) is 0 Å². The highest BCUT2D eigenvalue weighted by Gasteiger charge is 2.41.